The number of rotatable bonds is 8. The molecule has 33 heavy (non-hydrogen) atoms. The fourth-order valence-corrected chi connectivity index (χ4v) is 4.27. The van der Waals surface area contributed by atoms with E-state index >= 15 is 0 Å². The number of halogens is 2. The second kappa shape index (κ2) is 9.47. The summed E-state index contributed by atoms with van der Waals surface area (Å²) in [7, 11) is 3.06. The maximum absolute atomic E-state index is 13.6. The number of benzene rings is 2. The van der Waals surface area contributed by atoms with Crippen molar-refractivity contribution in [2.75, 3.05) is 27.4 Å². The monoisotopic (exact) mass is 489 g/mol. The summed E-state index contributed by atoms with van der Waals surface area (Å²) >= 11 is 12.3. The summed E-state index contributed by atoms with van der Waals surface area (Å²) in [5, 5.41) is 12.0. The highest BCUT2D eigenvalue weighted by molar-refractivity contribution is 6.42. The second-order valence-electron chi connectivity index (χ2n) is 7.50. The Morgan fingerprint density at radius 1 is 1.15 bits per heavy atom. The number of ketones is 1. The summed E-state index contributed by atoms with van der Waals surface area (Å²) < 4.78 is 16.2. The maximum atomic E-state index is 13.6. The second-order valence-corrected chi connectivity index (χ2v) is 8.32. The first-order valence-corrected chi connectivity index (χ1v) is 10.9. The van der Waals surface area contributed by atoms with Gasteiger partial charge in [0.25, 0.3) is 5.91 Å². The van der Waals surface area contributed by atoms with E-state index in [-0.39, 0.29) is 22.9 Å². The van der Waals surface area contributed by atoms with Crippen molar-refractivity contribution in [3.63, 3.8) is 0 Å². The quantitative estimate of drug-likeness (QED) is 0.338. The van der Waals surface area contributed by atoms with Crippen LogP contribution in [-0.2, 0) is 9.53 Å². The summed E-state index contributed by atoms with van der Waals surface area (Å²) in [6.07, 6.45) is 0.511. The van der Waals surface area contributed by atoms with Crippen LogP contribution < -0.4 is 4.74 Å². The third-order valence-electron chi connectivity index (χ3n) is 5.51. The predicted molar refractivity (Wildman–Crippen MR) is 124 cm³/mol. The van der Waals surface area contributed by atoms with Gasteiger partial charge in [-0.3, -0.25) is 9.59 Å². The highest BCUT2D eigenvalue weighted by atomic mass is 35.5. The van der Waals surface area contributed by atoms with Crippen LogP contribution in [0.3, 0.4) is 0 Å². The molecule has 9 heteroatoms. The molecule has 0 radical (unpaired) electrons. The molecule has 7 nitrogen and oxygen atoms in total. The molecule has 1 amide bonds. The molecule has 1 N–H and O–H groups in total. The van der Waals surface area contributed by atoms with Crippen molar-refractivity contribution < 1.29 is 28.6 Å². The minimum Gasteiger partial charge on any atom is -0.503 e. The first-order chi connectivity index (χ1) is 15.9. The third-order valence-corrected chi connectivity index (χ3v) is 6.25. The average Bonchev–Trinajstić information content (AvgIpc) is 3.35. The Labute approximate surface area is 200 Å². The molecule has 0 fully saturated rings. The molecular weight excluding hydrogens is 469 g/mol. The summed E-state index contributed by atoms with van der Waals surface area (Å²) in [6.45, 7) is 0.664. The number of carbonyl (C=O) groups excluding carboxylic acids is 2. The van der Waals surface area contributed by atoms with Gasteiger partial charge in [0.2, 0.25) is 5.78 Å². The Morgan fingerprint density at radius 3 is 2.64 bits per heavy atom. The number of carbonyl (C=O) groups is 2. The standard InChI is InChI=1S/C24H21Cl2NO6/c1-31-10-4-9-27-20(13-7-8-15(25)16(26)11-13)19(22(29)24(27)30)21(28)18-12-14-5-3-6-17(32-2)23(14)33-18/h3,5-8,11-12,20,29H,4,9-10H2,1-2H3/t20-/m0/s1. The Kier molecular flexibility index (Phi) is 6.65. The molecule has 0 spiro atoms. The molecule has 2 heterocycles. The average molecular weight is 490 g/mol. The lowest BCUT2D eigenvalue weighted by molar-refractivity contribution is -0.129. The van der Waals surface area contributed by atoms with E-state index in [4.69, 9.17) is 37.1 Å². The highest BCUT2D eigenvalue weighted by Gasteiger charge is 2.44. The van der Waals surface area contributed by atoms with Gasteiger partial charge < -0.3 is 23.9 Å². The van der Waals surface area contributed by atoms with Crippen LogP contribution in [0, 0.1) is 0 Å². The van der Waals surface area contributed by atoms with Crippen LogP contribution in [0.2, 0.25) is 10.0 Å². The molecule has 1 aromatic heterocycles. The van der Waals surface area contributed by atoms with E-state index in [1.54, 1.807) is 49.6 Å². The molecule has 0 unspecified atom stereocenters. The van der Waals surface area contributed by atoms with Gasteiger partial charge in [-0.25, -0.2) is 0 Å². The van der Waals surface area contributed by atoms with Gasteiger partial charge in [0.1, 0.15) is 0 Å². The molecule has 4 rings (SSSR count). The minimum atomic E-state index is -0.869. The predicted octanol–water partition coefficient (Wildman–Crippen LogP) is 5.36. The number of amides is 1. The lowest BCUT2D eigenvalue weighted by Crippen LogP contribution is -2.32. The van der Waals surface area contributed by atoms with Crippen LogP contribution in [0.15, 0.2) is 58.2 Å². The number of fused-ring (bicyclic) bond motifs is 1. The number of ether oxygens (including phenoxy) is 2. The van der Waals surface area contributed by atoms with Crippen molar-refractivity contribution in [3.8, 4) is 5.75 Å². The SMILES string of the molecule is COCCCN1C(=O)C(O)=C(C(=O)c2cc3cccc(OC)c3o2)[C@@H]1c1ccc(Cl)c(Cl)c1. The zero-order valence-corrected chi connectivity index (χ0v) is 19.4. The van der Waals surface area contributed by atoms with Gasteiger partial charge in [0.15, 0.2) is 22.9 Å². The largest absolute Gasteiger partial charge is 0.503 e. The summed E-state index contributed by atoms with van der Waals surface area (Å²) in [6, 6.07) is 10.8. The molecule has 1 atom stereocenters. The molecular formula is C24H21Cl2NO6. The topological polar surface area (TPSA) is 89.2 Å². The van der Waals surface area contributed by atoms with Crippen molar-refractivity contribution in [3.05, 3.63) is 75.2 Å². The first-order valence-electron chi connectivity index (χ1n) is 10.2. The number of hydrogen-bond donors (Lipinski definition) is 1. The maximum Gasteiger partial charge on any atom is 0.290 e. The normalized spacial score (nSPS) is 16.2. The number of hydrogen-bond acceptors (Lipinski definition) is 6. The van der Waals surface area contributed by atoms with E-state index in [2.05, 4.69) is 0 Å². The van der Waals surface area contributed by atoms with E-state index in [9.17, 15) is 14.7 Å². The number of furan rings is 1. The Hall–Kier alpha value is -3.00. The summed E-state index contributed by atoms with van der Waals surface area (Å²) in [4.78, 5) is 28.0. The van der Waals surface area contributed by atoms with E-state index in [1.165, 1.54) is 12.0 Å². The van der Waals surface area contributed by atoms with Crippen LogP contribution in [0.5, 0.6) is 5.75 Å². The fraction of sp³-hybridized carbons (Fsp3) is 0.250. The molecule has 2 aromatic carbocycles. The van der Waals surface area contributed by atoms with Crippen LogP contribution >= 0.6 is 23.2 Å². The van der Waals surface area contributed by atoms with Gasteiger partial charge in [-0.05, 0) is 36.2 Å². The summed E-state index contributed by atoms with van der Waals surface area (Å²) in [5.74, 6) is -1.44. The number of nitrogens with zero attached hydrogens (tertiary/aromatic N) is 1. The van der Waals surface area contributed by atoms with E-state index in [0.29, 0.717) is 40.3 Å². The molecule has 1 aliphatic rings. The molecule has 0 saturated carbocycles. The Bertz CT molecular complexity index is 1270. The lowest BCUT2D eigenvalue weighted by Gasteiger charge is -2.26. The number of methoxy groups -OCH3 is 2. The van der Waals surface area contributed by atoms with Gasteiger partial charge in [-0.1, -0.05) is 41.4 Å². The number of para-hydroxylation sites is 1. The smallest absolute Gasteiger partial charge is 0.290 e. The highest BCUT2D eigenvalue weighted by Crippen LogP contribution is 2.41. The van der Waals surface area contributed by atoms with E-state index < -0.39 is 23.5 Å². The van der Waals surface area contributed by atoms with Gasteiger partial charge in [-0.2, -0.15) is 0 Å². The van der Waals surface area contributed by atoms with Crippen molar-refractivity contribution in [2.45, 2.75) is 12.5 Å². The molecule has 1 aliphatic heterocycles. The van der Waals surface area contributed by atoms with Crippen LogP contribution in [-0.4, -0.2) is 49.1 Å². The van der Waals surface area contributed by atoms with Gasteiger partial charge in [0, 0.05) is 25.6 Å². The van der Waals surface area contributed by atoms with Gasteiger partial charge >= 0.3 is 0 Å². The Morgan fingerprint density at radius 2 is 1.94 bits per heavy atom. The Balaban J connectivity index is 1.80. The molecule has 3 aromatic rings. The van der Waals surface area contributed by atoms with Gasteiger partial charge in [0.05, 0.1) is 28.8 Å². The van der Waals surface area contributed by atoms with Gasteiger partial charge in [-0.15, -0.1) is 0 Å². The van der Waals surface area contributed by atoms with Crippen molar-refractivity contribution in [1.82, 2.24) is 4.90 Å². The first kappa shape index (κ1) is 23.2. The number of Topliss-reactive ketones (excluding diaryl/α,β-unsaturated/α-hetero) is 1. The molecule has 172 valence electrons. The van der Waals surface area contributed by atoms with E-state index in [0.717, 1.165) is 0 Å². The lowest BCUT2D eigenvalue weighted by atomic mass is 9.95. The van der Waals surface area contributed by atoms with Crippen molar-refractivity contribution >= 4 is 45.9 Å². The zero-order valence-electron chi connectivity index (χ0n) is 17.9. The summed E-state index contributed by atoms with van der Waals surface area (Å²) in [5.41, 5.74) is 0.848. The number of aliphatic hydroxyl groups is 1. The number of aliphatic hydroxyl groups excluding tert-OH is 1. The minimum absolute atomic E-state index is 0.0207. The fourth-order valence-electron chi connectivity index (χ4n) is 3.97. The molecule has 0 bridgehead atoms. The van der Waals surface area contributed by atoms with Crippen molar-refractivity contribution in [1.29, 1.82) is 0 Å². The third kappa shape index (κ3) is 4.19. The van der Waals surface area contributed by atoms with Crippen LogP contribution in [0.25, 0.3) is 11.0 Å². The zero-order chi connectivity index (χ0) is 23.7. The molecule has 0 saturated heterocycles. The molecule has 0 aliphatic carbocycles. The van der Waals surface area contributed by atoms with E-state index in [1.807, 2.05) is 0 Å². The van der Waals surface area contributed by atoms with Crippen molar-refractivity contribution in [2.24, 2.45) is 0 Å². The van der Waals surface area contributed by atoms with Crippen LogP contribution in [0.4, 0.5) is 0 Å². The van der Waals surface area contributed by atoms with Crippen LogP contribution in [0.1, 0.15) is 28.6 Å².